The summed E-state index contributed by atoms with van der Waals surface area (Å²) in [4.78, 5) is 18.7. The fraction of sp³-hybridized carbons (Fsp3) is 0.304. The lowest BCUT2D eigenvalue weighted by atomic mass is 9.96. The van der Waals surface area contributed by atoms with Crippen LogP contribution >= 0.6 is 11.3 Å². The number of β-amino-alcohol motifs (C(OH)–C–C–N with tert-alkyl or cyclic N) is 1. The van der Waals surface area contributed by atoms with Gasteiger partial charge in [-0.05, 0) is 56.2 Å². The minimum atomic E-state index is -1.41. The number of benzene rings is 1. The largest absolute Gasteiger partial charge is 0.391 e. The second-order valence-corrected chi connectivity index (χ2v) is 9.54. The Morgan fingerprint density at radius 2 is 1.97 bits per heavy atom. The molecule has 1 amide bonds. The number of hydrogen-bond acceptors (Lipinski definition) is 7. The summed E-state index contributed by atoms with van der Waals surface area (Å²) in [5, 5.41) is 23.2. The topological polar surface area (TPSA) is 112 Å². The molecule has 2 aromatic heterocycles. The van der Waals surface area contributed by atoms with E-state index in [9.17, 15) is 23.8 Å². The lowest BCUT2D eigenvalue weighted by Crippen LogP contribution is -2.22. The normalized spacial score (nSPS) is 16.3. The second kappa shape index (κ2) is 8.69. The van der Waals surface area contributed by atoms with Crippen molar-refractivity contribution in [1.82, 2.24) is 4.98 Å². The van der Waals surface area contributed by atoms with Crippen molar-refractivity contribution in [3.63, 3.8) is 0 Å². The quantitative estimate of drug-likeness (QED) is 0.433. The number of primary amides is 1. The first-order chi connectivity index (χ1) is 15.5. The zero-order valence-electron chi connectivity index (χ0n) is 18.1. The van der Waals surface area contributed by atoms with E-state index in [-0.39, 0.29) is 21.6 Å². The number of nitrogens with two attached hydrogens (primary N) is 1. The first kappa shape index (κ1) is 23.1. The van der Waals surface area contributed by atoms with Gasteiger partial charge in [-0.15, -0.1) is 11.3 Å². The van der Waals surface area contributed by atoms with Crippen LogP contribution < -0.4 is 16.0 Å². The Labute approximate surface area is 193 Å². The van der Waals surface area contributed by atoms with E-state index in [1.807, 2.05) is 11.0 Å². The number of carbonyl (C=O) groups excluding carboxylic acids is 1. The van der Waals surface area contributed by atoms with E-state index >= 15 is 0 Å². The van der Waals surface area contributed by atoms with Gasteiger partial charge in [-0.2, -0.15) is 0 Å². The van der Waals surface area contributed by atoms with Crippen molar-refractivity contribution in [1.29, 1.82) is 0 Å². The van der Waals surface area contributed by atoms with Crippen LogP contribution in [0.1, 0.15) is 36.2 Å². The molecule has 3 heterocycles. The Bertz CT molecular complexity index is 1190. The van der Waals surface area contributed by atoms with E-state index in [0.717, 1.165) is 23.5 Å². The molecule has 4 rings (SSSR count). The van der Waals surface area contributed by atoms with Crippen molar-refractivity contribution in [2.75, 3.05) is 23.3 Å². The van der Waals surface area contributed by atoms with Gasteiger partial charge < -0.3 is 26.2 Å². The molecule has 5 N–H and O–H groups in total. The number of hydrogen-bond donors (Lipinski definition) is 4. The first-order valence-electron chi connectivity index (χ1n) is 10.4. The van der Waals surface area contributed by atoms with Gasteiger partial charge in [0, 0.05) is 18.0 Å². The number of halogens is 2. The van der Waals surface area contributed by atoms with E-state index in [0.29, 0.717) is 36.1 Å². The minimum Gasteiger partial charge on any atom is -0.391 e. The van der Waals surface area contributed by atoms with E-state index in [2.05, 4.69) is 10.3 Å². The van der Waals surface area contributed by atoms with Gasteiger partial charge in [0.2, 0.25) is 0 Å². The van der Waals surface area contributed by atoms with Crippen LogP contribution in [0.3, 0.4) is 0 Å². The molecular formula is C23H24F2N4O3S. The molecule has 1 saturated heterocycles. The Kier molecular flexibility index (Phi) is 6.08. The molecule has 1 aliphatic heterocycles. The van der Waals surface area contributed by atoms with E-state index in [1.165, 1.54) is 19.9 Å². The summed E-state index contributed by atoms with van der Waals surface area (Å²) in [5.41, 5.74) is 3.96. The fourth-order valence-electron chi connectivity index (χ4n) is 3.69. The van der Waals surface area contributed by atoms with Crippen LogP contribution in [0, 0.1) is 11.6 Å². The number of anilines is 3. The highest BCUT2D eigenvalue weighted by molar-refractivity contribution is 7.20. The molecule has 0 bridgehead atoms. The van der Waals surface area contributed by atoms with Gasteiger partial charge in [-0.3, -0.25) is 4.79 Å². The molecule has 1 fully saturated rings. The molecule has 0 spiro atoms. The predicted octanol–water partition coefficient (Wildman–Crippen LogP) is 3.73. The molecule has 3 aromatic rings. The van der Waals surface area contributed by atoms with Crippen molar-refractivity contribution >= 4 is 33.9 Å². The van der Waals surface area contributed by atoms with Crippen molar-refractivity contribution in [3.05, 3.63) is 59.2 Å². The molecular weight excluding hydrogens is 450 g/mol. The number of thiophene rings is 1. The van der Waals surface area contributed by atoms with E-state index in [4.69, 9.17) is 5.73 Å². The summed E-state index contributed by atoms with van der Waals surface area (Å²) in [5.74, 6) is -1.39. The fourth-order valence-corrected chi connectivity index (χ4v) is 4.81. The summed E-state index contributed by atoms with van der Waals surface area (Å²) in [7, 11) is 0. The molecule has 0 saturated carbocycles. The summed E-state index contributed by atoms with van der Waals surface area (Å²) in [6, 6.07) is 8.77. The Balaban J connectivity index is 1.68. The predicted molar refractivity (Wildman–Crippen MR) is 124 cm³/mol. The zero-order valence-corrected chi connectivity index (χ0v) is 18.9. The third-order valence-electron chi connectivity index (χ3n) is 5.46. The number of rotatable bonds is 6. The number of nitrogens with zero attached hydrogens (tertiary/aromatic N) is 2. The van der Waals surface area contributed by atoms with Crippen molar-refractivity contribution < 1.29 is 23.8 Å². The zero-order chi connectivity index (χ0) is 23.9. The Morgan fingerprint density at radius 3 is 2.55 bits per heavy atom. The van der Waals surface area contributed by atoms with Crippen molar-refractivity contribution in [3.8, 4) is 10.4 Å². The van der Waals surface area contributed by atoms with Crippen LogP contribution in [0.2, 0.25) is 0 Å². The van der Waals surface area contributed by atoms with Gasteiger partial charge in [0.1, 0.15) is 28.3 Å². The summed E-state index contributed by atoms with van der Waals surface area (Å²) >= 11 is 0.968. The number of aliphatic hydroxyl groups is 2. The summed E-state index contributed by atoms with van der Waals surface area (Å²) in [6.07, 6.45) is 0.250. The number of amides is 1. The van der Waals surface area contributed by atoms with E-state index in [1.54, 1.807) is 12.1 Å². The Hall–Kier alpha value is -3.08. The van der Waals surface area contributed by atoms with Crippen LogP contribution in [0.5, 0.6) is 0 Å². The molecule has 1 unspecified atom stereocenters. The highest BCUT2D eigenvalue weighted by Crippen LogP contribution is 2.40. The number of aromatic nitrogens is 1. The monoisotopic (exact) mass is 474 g/mol. The third-order valence-corrected chi connectivity index (χ3v) is 6.52. The van der Waals surface area contributed by atoms with Gasteiger partial charge >= 0.3 is 0 Å². The van der Waals surface area contributed by atoms with Gasteiger partial charge in [0.05, 0.1) is 22.8 Å². The van der Waals surface area contributed by atoms with Crippen LogP contribution in [-0.2, 0) is 5.60 Å². The lowest BCUT2D eigenvalue weighted by molar-refractivity contribution is 0.0778. The smallest absolute Gasteiger partial charge is 0.251 e. The summed E-state index contributed by atoms with van der Waals surface area (Å²) < 4.78 is 29.7. The molecule has 7 nitrogen and oxygen atoms in total. The first-order valence-corrected chi connectivity index (χ1v) is 11.2. The van der Waals surface area contributed by atoms with Gasteiger partial charge in [-0.1, -0.05) is 6.07 Å². The highest BCUT2D eigenvalue weighted by Gasteiger charge is 2.25. The van der Waals surface area contributed by atoms with Crippen LogP contribution in [0.25, 0.3) is 10.4 Å². The molecule has 10 heteroatoms. The maximum atomic E-state index is 14.8. The number of carbonyl (C=O) groups is 1. The highest BCUT2D eigenvalue weighted by atomic mass is 32.1. The van der Waals surface area contributed by atoms with Crippen molar-refractivity contribution in [2.24, 2.45) is 5.73 Å². The van der Waals surface area contributed by atoms with Gasteiger partial charge in [0.25, 0.3) is 5.91 Å². The van der Waals surface area contributed by atoms with Crippen LogP contribution in [-0.4, -0.2) is 40.3 Å². The maximum absolute atomic E-state index is 14.8. The third kappa shape index (κ3) is 4.82. The Morgan fingerprint density at radius 1 is 1.27 bits per heavy atom. The molecule has 1 aliphatic rings. The molecule has 0 aliphatic carbocycles. The molecule has 1 aromatic carbocycles. The molecule has 33 heavy (non-hydrogen) atoms. The van der Waals surface area contributed by atoms with Crippen molar-refractivity contribution in [2.45, 2.75) is 32.0 Å². The average Bonchev–Trinajstić information content (AvgIpc) is 3.33. The number of pyridine rings is 1. The standard InChI is InChI=1S/C23H24F2N4O3S/c1-23(2,32)12-8-15(24)20(16(25)9-12)17-10-14(21(26)31)22(33-17)28-18-4-3-5-19(27-18)29-7-6-13(30)11-29/h3-5,8-10,13,30,32H,6-7,11H2,1-2H3,(H2,26,31)(H,27,28). The van der Waals surface area contributed by atoms with E-state index < -0.39 is 29.2 Å². The lowest BCUT2D eigenvalue weighted by Gasteiger charge is -2.18. The van der Waals surface area contributed by atoms with Gasteiger partial charge in [0.15, 0.2) is 0 Å². The minimum absolute atomic E-state index is 0.0733. The van der Waals surface area contributed by atoms with Gasteiger partial charge in [-0.25, -0.2) is 13.8 Å². The van der Waals surface area contributed by atoms with Crippen LogP contribution in [0.4, 0.5) is 25.4 Å². The number of aliphatic hydroxyl groups excluding tert-OH is 1. The number of nitrogens with one attached hydrogen (secondary N) is 1. The average molecular weight is 475 g/mol. The molecule has 0 radical (unpaired) electrons. The second-order valence-electron chi connectivity index (χ2n) is 8.49. The SMILES string of the molecule is CC(C)(O)c1cc(F)c(-c2cc(C(N)=O)c(Nc3cccc(N4CCC(O)C4)n3)s2)c(F)c1. The molecule has 174 valence electrons. The maximum Gasteiger partial charge on any atom is 0.251 e. The molecule has 1 atom stereocenters. The van der Waals surface area contributed by atoms with Crippen LogP contribution in [0.15, 0.2) is 36.4 Å². The summed E-state index contributed by atoms with van der Waals surface area (Å²) in [6.45, 7) is 4.02.